The minimum absolute atomic E-state index is 0.0633. The smallest absolute Gasteiger partial charge is 0.314 e. The minimum Gasteiger partial charge on any atom is -0.481 e. The second-order valence-corrected chi connectivity index (χ2v) is 5.12. The molecule has 1 fully saturated rings. The highest BCUT2D eigenvalue weighted by Gasteiger charge is 2.46. The average Bonchev–Trinajstić information content (AvgIpc) is 3.05. The molecule has 7 heteroatoms. The summed E-state index contributed by atoms with van der Waals surface area (Å²) >= 11 is 0. The van der Waals surface area contributed by atoms with Crippen LogP contribution in [0.25, 0.3) is 0 Å². The summed E-state index contributed by atoms with van der Waals surface area (Å²) in [7, 11) is 0. The van der Waals surface area contributed by atoms with E-state index in [9.17, 15) is 14.0 Å². The summed E-state index contributed by atoms with van der Waals surface area (Å²) in [6.45, 7) is 1.94. The minimum atomic E-state index is -1.43. The van der Waals surface area contributed by atoms with Gasteiger partial charge in [-0.05, 0) is 19.4 Å². The Morgan fingerprint density at radius 2 is 2.30 bits per heavy atom. The molecule has 1 aromatic rings. The molecule has 1 aromatic heterocycles. The fraction of sp³-hybridized carbons (Fsp3) is 0.615. The van der Waals surface area contributed by atoms with E-state index in [0.29, 0.717) is 5.69 Å². The molecule has 0 radical (unpaired) electrons. The monoisotopic (exact) mass is 283 g/mol. The first-order valence-corrected chi connectivity index (χ1v) is 6.60. The number of nitrogens with zero attached hydrogens (tertiary/aromatic N) is 3. The van der Waals surface area contributed by atoms with Gasteiger partial charge in [-0.2, -0.15) is 5.10 Å². The van der Waals surface area contributed by atoms with Crippen LogP contribution in [0.4, 0.5) is 4.39 Å². The molecule has 2 rings (SSSR count). The molecule has 1 saturated heterocycles. The number of alkyl halides is 1. The molecule has 1 N–H and O–H groups in total. The van der Waals surface area contributed by atoms with E-state index in [2.05, 4.69) is 5.10 Å². The topological polar surface area (TPSA) is 75.4 Å². The fourth-order valence-electron chi connectivity index (χ4n) is 2.37. The zero-order valence-electron chi connectivity index (χ0n) is 11.4. The van der Waals surface area contributed by atoms with Gasteiger partial charge in [0.1, 0.15) is 12.1 Å². The fourth-order valence-corrected chi connectivity index (χ4v) is 2.37. The van der Waals surface area contributed by atoms with Crippen molar-refractivity contribution in [2.24, 2.45) is 5.41 Å². The number of hydrogen-bond donors (Lipinski definition) is 1. The molecule has 1 atom stereocenters. The first-order chi connectivity index (χ1) is 9.50. The van der Waals surface area contributed by atoms with Crippen LogP contribution in [-0.4, -0.2) is 51.4 Å². The lowest BCUT2D eigenvalue weighted by atomic mass is 9.89. The molecule has 0 spiro atoms. The molecule has 0 aromatic carbocycles. The molecule has 1 aliphatic heterocycles. The van der Waals surface area contributed by atoms with E-state index in [-0.39, 0.29) is 31.8 Å². The molecule has 1 unspecified atom stereocenters. The lowest BCUT2D eigenvalue weighted by Gasteiger charge is -2.21. The SMILES string of the molecule is CCn1ccc(CC(=O)N2CCC(CF)(C(=O)O)C2)n1. The van der Waals surface area contributed by atoms with Gasteiger partial charge >= 0.3 is 5.97 Å². The lowest BCUT2D eigenvalue weighted by molar-refractivity contribution is -0.149. The number of aryl methyl sites for hydroxylation is 1. The maximum Gasteiger partial charge on any atom is 0.314 e. The van der Waals surface area contributed by atoms with Gasteiger partial charge in [-0.1, -0.05) is 0 Å². The number of aliphatic carboxylic acids is 1. The normalized spacial score (nSPS) is 22.2. The standard InChI is InChI=1S/C13H18FN3O3/c1-2-17-5-3-10(15-17)7-11(18)16-6-4-13(8-14,9-16)12(19)20/h3,5H,2,4,6-9H2,1H3,(H,19,20). The highest BCUT2D eigenvalue weighted by atomic mass is 19.1. The first-order valence-electron chi connectivity index (χ1n) is 6.60. The number of carboxylic acid groups (broad SMARTS) is 1. The molecule has 1 aliphatic rings. The molecule has 20 heavy (non-hydrogen) atoms. The van der Waals surface area contributed by atoms with Gasteiger partial charge in [0.2, 0.25) is 5.91 Å². The first kappa shape index (κ1) is 14.5. The summed E-state index contributed by atoms with van der Waals surface area (Å²) in [5, 5.41) is 13.3. The van der Waals surface area contributed by atoms with Crippen LogP contribution in [0.15, 0.2) is 12.3 Å². The molecular weight excluding hydrogens is 265 g/mol. The van der Waals surface area contributed by atoms with Crippen molar-refractivity contribution in [3.05, 3.63) is 18.0 Å². The Balaban J connectivity index is 1.99. The Kier molecular flexibility index (Phi) is 4.06. The van der Waals surface area contributed by atoms with E-state index < -0.39 is 18.1 Å². The number of hydrogen-bond acceptors (Lipinski definition) is 3. The van der Waals surface area contributed by atoms with Gasteiger partial charge in [0, 0.05) is 25.8 Å². The molecular formula is C13H18FN3O3. The number of carbonyl (C=O) groups excluding carboxylic acids is 1. The summed E-state index contributed by atoms with van der Waals surface area (Å²) < 4.78 is 14.7. The molecule has 6 nitrogen and oxygen atoms in total. The van der Waals surface area contributed by atoms with Gasteiger partial charge < -0.3 is 10.0 Å². The van der Waals surface area contributed by atoms with Crippen LogP contribution in [0, 0.1) is 5.41 Å². The van der Waals surface area contributed by atoms with Gasteiger partial charge in [0.15, 0.2) is 0 Å². The quantitative estimate of drug-likeness (QED) is 0.864. The van der Waals surface area contributed by atoms with Crippen molar-refractivity contribution < 1.29 is 19.1 Å². The number of likely N-dealkylation sites (tertiary alicyclic amines) is 1. The Bertz CT molecular complexity index is 517. The highest BCUT2D eigenvalue weighted by molar-refractivity contribution is 5.82. The average molecular weight is 283 g/mol. The predicted octanol–water partition coefficient (Wildman–Crippen LogP) is 0.718. The Labute approximate surface area is 116 Å². The predicted molar refractivity (Wildman–Crippen MR) is 68.8 cm³/mol. The van der Waals surface area contributed by atoms with Crippen molar-refractivity contribution in [3.63, 3.8) is 0 Å². The number of rotatable bonds is 5. The Morgan fingerprint density at radius 3 is 2.80 bits per heavy atom. The van der Waals surface area contributed by atoms with Crippen molar-refractivity contribution >= 4 is 11.9 Å². The third kappa shape index (κ3) is 2.66. The van der Waals surface area contributed by atoms with Gasteiger partial charge in [-0.15, -0.1) is 0 Å². The summed E-state index contributed by atoms with van der Waals surface area (Å²) in [6.07, 6.45) is 2.07. The molecule has 0 aliphatic carbocycles. The van der Waals surface area contributed by atoms with Crippen molar-refractivity contribution in [1.29, 1.82) is 0 Å². The molecule has 0 bridgehead atoms. The number of amides is 1. The Morgan fingerprint density at radius 1 is 1.55 bits per heavy atom. The largest absolute Gasteiger partial charge is 0.481 e. The highest BCUT2D eigenvalue weighted by Crippen LogP contribution is 2.31. The number of carboxylic acids is 1. The van der Waals surface area contributed by atoms with Gasteiger partial charge in [-0.3, -0.25) is 14.3 Å². The lowest BCUT2D eigenvalue weighted by Crippen LogP contribution is -2.39. The third-order valence-electron chi connectivity index (χ3n) is 3.77. The molecule has 1 amide bonds. The molecule has 110 valence electrons. The second-order valence-electron chi connectivity index (χ2n) is 5.12. The van der Waals surface area contributed by atoms with Crippen molar-refractivity contribution in [2.75, 3.05) is 19.8 Å². The van der Waals surface area contributed by atoms with E-state index in [4.69, 9.17) is 5.11 Å². The van der Waals surface area contributed by atoms with Crippen LogP contribution >= 0.6 is 0 Å². The third-order valence-corrected chi connectivity index (χ3v) is 3.77. The summed E-state index contributed by atoms with van der Waals surface area (Å²) in [4.78, 5) is 24.6. The summed E-state index contributed by atoms with van der Waals surface area (Å²) in [5.74, 6) is -1.38. The maximum atomic E-state index is 13.0. The number of carbonyl (C=O) groups is 2. The van der Waals surface area contributed by atoms with Crippen molar-refractivity contribution in [2.45, 2.75) is 26.3 Å². The van der Waals surface area contributed by atoms with Gasteiger partial charge in [0.05, 0.1) is 12.1 Å². The van der Waals surface area contributed by atoms with E-state index in [1.54, 1.807) is 16.9 Å². The van der Waals surface area contributed by atoms with Crippen LogP contribution in [0.2, 0.25) is 0 Å². The second kappa shape index (κ2) is 5.60. The van der Waals surface area contributed by atoms with Gasteiger partial charge in [0.25, 0.3) is 0 Å². The Hall–Kier alpha value is -1.92. The van der Waals surface area contributed by atoms with Crippen LogP contribution in [0.5, 0.6) is 0 Å². The number of halogens is 1. The zero-order valence-corrected chi connectivity index (χ0v) is 11.4. The van der Waals surface area contributed by atoms with E-state index in [0.717, 1.165) is 6.54 Å². The summed E-state index contributed by atoms with van der Waals surface area (Å²) in [5.41, 5.74) is -0.789. The summed E-state index contributed by atoms with van der Waals surface area (Å²) in [6, 6.07) is 1.76. The maximum absolute atomic E-state index is 13.0. The van der Waals surface area contributed by atoms with E-state index >= 15 is 0 Å². The van der Waals surface area contributed by atoms with E-state index in [1.165, 1.54) is 4.90 Å². The van der Waals surface area contributed by atoms with Crippen LogP contribution in [-0.2, 0) is 22.6 Å². The van der Waals surface area contributed by atoms with Crippen LogP contribution in [0.3, 0.4) is 0 Å². The van der Waals surface area contributed by atoms with E-state index in [1.807, 2.05) is 6.92 Å². The van der Waals surface area contributed by atoms with Crippen LogP contribution in [0.1, 0.15) is 19.0 Å². The van der Waals surface area contributed by atoms with Crippen molar-refractivity contribution in [3.8, 4) is 0 Å². The molecule has 0 saturated carbocycles. The zero-order chi connectivity index (χ0) is 14.8. The molecule has 2 heterocycles. The van der Waals surface area contributed by atoms with Crippen molar-refractivity contribution in [1.82, 2.24) is 14.7 Å². The van der Waals surface area contributed by atoms with Gasteiger partial charge in [-0.25, -0.2) is 4.39 Å². The number of aromatic nitrogens is 2. The van der Waals surface area contributed by atoms with Crippen LogP contribution < -0.4 is 0 Å².